The maximum absolute atomic E-state index is 10.5. The largest absolute Gasteiger partial charge is 0.496 e. The van der Waals surface area contributed by atoms with Gasteiger partial charge in [-0.05, 0) is 18.2 Å². The van der Waals surface area contributed by atoms with Gasteiger partial charge in [0.2, 0.25) is 6.41 Å². The number of pyridine rings is 1. The van der Waals surface area contributed by atoms with Gasteiger partial charge in [0, 0.05) is 28.8 Å². The summed E-state index contributed by atoms with van der Waals surface area (Å²) in [6, 6.07) is 7.39. The van der Waals surface area contributed by atoms with Gasteiger partial charge >= 0.3 is 0 Å². The van der Waals surface area contributed by atoms with Gasteiger partial charge in [-0.25, -0.2) is 4.98 Å². The van der Waals surface area contributed by atoms with Gasteiger partial charge in [-0.3, -0.25) is 4.79 Å². The molecule has 3 heterocycles. The van der Waals surface area contributed by atoms with E-state index in [0.29, 0.717) is 23.6 Å². The van der Waals surface area contributed by atoms with Gasteiger partial charge in [-0.1, -0.05) is 0 Å². The predicted molar refractivity (Wildman–Crippen MR) is 85.2 cm³/mol. The lowest BCUT2D eigenvalue weighted by atomic mass is 10.0. The minimum absolute atomic E-state index is 0.486. The highest BCUT2D eigenvalue weighted by Crippen LogP contribution is 2.37. The number of benzene rings is 1. The molecule has 0 fully saturated rings. The third-order valence-electron chi connectivity index (χ3n) is 3.67. The molecule has 0 aliphatic carbocycles. The monoisotopic (exact) mass is 308 g/mol. The fraction of sp³-hybridized carbons (Fsp3) is 0.0667. The van der Waals surface area contributed by atoms with E-state index >= 15 is 0 Å². The first-order valence-corrected chi connectivity index (χ1v) is 6.87. The fourth-order valence-electron chi connectivity index (χ4n) is 2.62. The van der Waals surface area contributed by atoms with Gasteiger partial charge in [-0.15, -0.1) is 0 Å². The van der Waals surface area contributed by atoms with Crippen LogP contribution < -0.4 is 10.1 Å². The Labute approximate surface area is 129 Å². The quantitative estimate of drug-likeness (QED) is 0.500. The summed E-state index contributed by atoms with van der Waals surface area (Å²) < 4.78 is 5.48. The Morgan fingerprint density at radius 1 is 1.17 bits per heavy atom. The van der Waals surface area contributed by atoms with Crippen molar-refractivity contribution in [1.82, 2.24) is 25.4 Å². The van der Waals surface area contributed by atoms with Crippen molar-refractivity contribution in [2.45, 2.75) is 0 Å². The number of H-pyrrole nitrogens is 2. The second-order valence-corrected chi connectivity index (χ2v) is 4.92. The van der Waals surface area contributed by atoms with E-state index in [2.05, 4.69) is 30.7 Å². The van der Waals surface area contributed by atoms with Gasteiger partial charge in [-0.2, -0.15) is 15.4 Å². The molecule has 1 amide bonds. The molecule has 23 heavy (non-hydrogen) atoms. The molecule has 0 bridgehead atoms. The van der Waals surface area contributed by atoms with Gasteiger partial charge < -0.3 is 15.0 Å². The lowest BCUT2D eigenvalue weighted by Crippen LogP contribution is -1.96. The second-order valence-electron chi connectivity index (χ2n) is 4.92. The van der Waals surface area contributed by atoms with E-state index in [0.717, 1.165) is 27.5 Å². The maximum Gasteiger partial charge on any atom is 0.212 e. The van der Waals surface area contributed by atoms with E-state index in [1.165, 1.54) is 0 Å². The highest BCUT2D eigenvalue weighted by Gasteiger charge is 2.15. The molecule has 3 aromatic heterocycles. The number of aromatic amines is 2. The number of hydrogen-bond donors (Lipinski definition) is 3. The molecule has 114 valence electrons. The lowest BCUT2D eigenvalue weighted by molar-refractivity contribution is -0.105. The number of nitrogens with zero attached hydrogens (tertiary/aromatic N) is 3. The van der Waals surface area contributed by atoms with Crippen LogP contribution >= 0.6 is 0 Å². The number of aromatic nitrogens is 5. The molecule has 0 spiro atoms. The van der Waals surface area contributed by atoms with Gasteiger partial charge in [0.15, 0.2) is 0 Å². The van der Waals surface area contributed by atoms with Gasteiger partial charge in [0.1, 0.15) is 28.2 Å². The molecule has 0 saturated heterocycles. The summed E-state index contributed by atoms with van der Waals surface area (Å²) in [4.78, 5) is 18.0. The zero-order valence-electron chi connectivity index (χ0n) is 12.1. The Morgan fingerprint density at radius 2 is 2.00 bits per heavy atom. The van der Waals surface area contributed by atoms with Crippen molar-refractivity contribution in [3.8, 4) is 16.9 Å². The highest BCUT2D eigenvalue weighted by atomic mass is 16.5. The number of methoxy groups -OCH3 is 1. The topological polar surface area (TPSA) is 109 Å². The third kappa shape index (κ3) is 2.08. The van der Waals surface area contributed by atoms with Crippen LogP contribution in [0.3, 0.4) is 0 Å². The zero-order chi connectivity index (χ0) is 15.8. The third-order valence-corrected chi connectivity index (χ3v) is 3.67. The summed E-state index contributed by atoms with van der Waals surface area (Å²) >= 11 is 0. The van der Waals surface area contributed by atoms with Crippen molar-refractivity contribution in [2.24, 2.45) is 0 Å². The standard InChI is InChI=1S/C15H12N6O2/c1-23-13-5-12-11(19-21-20-12)4-9(13)10-6-16-15-8(10)2-3-14(18-15)17-7-22/h2-7H,1H3,(H,19,20,21)(H2,16,17,18,22). The van der Waals surface area contributed by atoms with E-state index in [-0.39, 0.29) is 0 Å². The van der Waals surface area contributed by atoms with Gasteiger partial charge in [0.25, 0.3) is 0 Å². The van der Waals surface area contributed by atoms with E-state index in [4.69, 9.17) is 4.74 Å². The second kappa shape index (κ2) is 5.09. The number of fused-ring (bicyclic) bond motifs is 2. The van der Waals surface area contributed by atoms with Crippen LogP contribution in [0.1, 0.15) is 0 Å². The van der Waals surface area contributed by atoms with E-state index in [1.54, 1.807) is 13.2 Å². The van der Waals surface area contributed by atoms with Crippen LogP contribution in [-0.4, -0.2) is 38.9 Å². The first-order valence-electron chi connectivity index (χ1n) is 6.87. The summed E-state index contributed by atoms with van der Waals surface area (Å²) in [5.74, 6) is 1.18. The first-order chi connectivity index (χ1) is 11.3. The predicted octanol–water partition coefficient (Wildman–Crippen LogP) is 2.08. The molecule has 1 aromatic carbocycles. The first kappa shape index (κ1) is 13.3. The molecule has 0 radical (unpaired) electrons. The Bertz CT molecular complexity index is 1020. The van der Waals surface area contributed by atoms with Crippen LogP contribution in [0, 0.1) is 0 Å². The number of anilines is 1. The molecule has 0 saturated carbocycles. The van der Waals surface area contributed by atoms with E-state index < -0.39 is 0 Å². The molecule has 8 nitrogen and oxygen atoms in total. The number of nitrogens with one attached hydrogen (secondary N) is 3. The lowest BCUT2D eigenvalue weighted by Gasteiger charge is -2.07. The number of amides is 1. The van der Waals surface area contributed by atoms with Crippen LogP contribution in [0.25, 0.3) is 33.2 Å². The average Bonchev–Trinajstić information content (AvgIpc) is 3.19. The zero-order valence-corrected chi connectivity index (χ0v) is 12.1. The molecular weight excluding hydrogens is 296 g/mol. The average molecular weight is 308 g/mol. The van der Waals surface area contributed by atoms with Crippen molar-refractivity contribution in [1.29, 1.82) is 0 Å². The van der Waals surface area contributed by atoms with Crippen molar-refractivity contribution >= 4 is 34.3 Å². The number of hydrogen-bond acceptors (Lipinski definition) is 5. The summed E-state index contributed by atoms with van der Waals surface area (Å²) in [5.41, 5.74) is 3.99. The van der Waals surface area contributed by atoms with E-state index in [9.17, 15) is 4.79 Å². The molecular formula is C15H12N6O2. The Morgan fingerprint density at radius 3 is 2.78 bits per heavy atom. The van der Waals surface area contributed by atoms with Crippen LogP contribution in [0.4, 0.5) is 5.82 Å². The van der Waals surface area contributed by atoms with Crippen molar-refractivity contribution in [3.05, 3.63) is 30.5 Å². The Kier molecular flexibility index (Phi) is 2.94. The van der Waals surface area contributed by atoms with Crippen LogP contribution in [0.5, 0.6) is 5.75 Å². The number of carbonyl (C=O) groups is 1. The highest BCUT2D eigenvalue weighted by molar-refractivity contribution is 5.98. The maximum atomic E-state index is 10.5. The number of ether oxygens (including phenoxy) is 1. The summed E-state index contributed by atoms with van der Waals surface area (Å²) in [7, 11) is 1.62. The molecule has 0 unspecified atom stereocenters. The molecule has 0 aliphatic heterocycles. The van der Waals surface area contributed by atoms with Crippen molar-refractivity contribution < 1.29 is 9.53 Å². The molecule has 0 atom stereocenters. The van der Waals surface area contributed by atoms with Crippen LogP contribution in [0.2, 0.25) is 0 Å². The minimum Gasteiger partial charge on any atom is -0.496 e. The smallest absolute Gasteiger partial charge is 0.212 e. The van der Waals surface area contributed by atoms with Gasteiger partial charge in [0.05, 0.1) is 7.11 Å². The molecule has 4 rings (SSSR count). The Balaban J connectivity index is 1.92. The van der Waals surface area contributed by atoms with E-state index in [1.807, 2.05) is 24.4 Å². The van der Waals surface area contributed by atoms with Crippen LogP contribution in [0.15, 0.2) is 30.5 Å². The SMILES string of the molecule is COc1cc2n[nH]nc2cc1-c1c[nH]c2nc(NC=O)ccc12. The fourth-order valence-corrected chi connectivity index (χ4v) is 2.62. The summed E-state index contributed by atoms with van der Waals surface area (Å²) in [5, 5.41) is 14.2. The Hall–Kier alpha value is -3.42. The molecule has 0 aliphatic rings. The summed E-state index contributed by atoms with van der Waals surface area (Å²) in [6.45, 7) is 0. The molecule has 8 heteroatoms. The van der Waals surface area contributed by atoms with Crippen LogP contribution in [-0.2, 0) is 4.79 Å². The van der Waals surface area contributed by atoms with Crippen molar-refractivity contribution in [3.63, 3.8) is 0 Å². The summed E-state index contributed by atoms with van der Waals surface area (Å²) in [6.07, 6.45) is 2.45. The number of carbonyl (C=O) groups excluding carboxylic acids is 1. The molecule has 3 N–H and O–H groups in total. The minimum atomic E-state index is 0.486. The number of rotatable bonds is 4. The molecule has 4 aromatic rings. The normalized spacial score (nSPS) is 11.0. The van der Waals surface area contributed by atoms with Crippen molar-refractivity contribution in [2.75, 3.05) is 12.4 Å².